The number of carbonyl (C=O) groups excluding carboxylic acids is 1. The molecule has 7 heteroatoms. The van der Waals surface area contributed by atoms with E-state index in [1.807, 2.05) is 30.3 Å². The molecule has 1 aliphatic carbocycles. The Hall–Kier alpha value is -3.61. The Bertz CT molecular complexity index is 1260. The maximum atomic E-state index is 13.7. The Morgan fingerprint density at radius 2 is 1.58 bits per heavy atom. The molecule has 188 valence electrons. The van der Waals surface area contributed by atoms with Crippen molar-refractivity contribution in [1.82, 2.24) is 0 Å². The van der Waals surface area contributed by atoms with Gasteiger partial charge in [-0.25, -0.2) is 0 Å². The molecule has 0 bridgehead atoms. The van der Waals surface area contributed by atoms with E-state index >= 15 is 0 Å². The third-order valence-electron chi connectivity index (χ3n) is 6.73. The molecule has 36 heavy (non-hydrogen) atoms. The zero-order valence-electron chi connectivity index (χ0n) is 20.2. The van der Waals surface area contributed by atoms with Crippen LogP contribution in [0.4, 0.5) is 18.9 Å². The number of carboxylic acids is 1. The monoisotopic (exact) mass is 495 g/mol. The number of anilines is 1. The minimum absolute atomic E-state index is 0.343. The van der Waals surface area contributed by atoms with Gasteiger partial charge in [-0.2, -0.15) is 13.2 Å². The highest BCUT2D eigenvalue weighted by atomic mass is 19.4. The number of benzene rings is 3. The fraction of sp³-hybridized carbons (Fsp3) is 0.310. The van der Waals surface area contributed by atoms with Crippen LogP contribution in [0, 0.1) is 19.8 Å². The van der Waals surface area contributed by atoms with Crippen LogP contribution >= 0.6 is 0 Å². The zero-order chi connectivity index (χ0) is 26.0. The highest BCUT2D eigenvalue weighted by molar-refractivity contribution is 6.06. The third-order valence-corrected chi connectivity index (χ3v) is 6.73. The summed E-state index contributed by atoms with van der Waals surface area (Å²) in [4.78, 5) is 24.4. The molecule has 0 aliphatic heterocycles. The number of hydrogen-bond acceptors (Lipinski definition) is 2. The van der Waals surface area contributed by atoms with Crippen molar-refractivity contribution in [3.05, 3.63) is 99.6 Å². The summed E-state index contributed by atoms with van der Waals surface area (Å²) in [6.07, 6.45) is -1.59. The van der Waals surface area contributed by atoms with E-state index in [2.05, 4.69) is 17.4 Å². The number of alkyl halides is 3. The van der Waals surface area contributed by atoms with E-state index in [0.717, 1.165) is 30.9 Å². The molecule has 1 fully saturated rings. The lowest BCUT2D eigenvalue weighted by atomic mass is 9.95. The van der Waals surface area contributed by atoms with Gasteiger partial charge in [0.2, 0.25) is 0 Å². The smallest absolute Gasteiger partial charge is 0.418 e. The van der Waals surface area contributed by atoms with Gasteiger partial charge in [-0.3, -0.25) is 9.59 Å². The van der Waals surface area contributed by atoms with E-state index in [9.17, 15) is 27.9 Å². The average molecular weight is 496 g/mol. The molecule has 1 aliphatic rings. The van der Waals surface area contributed by atoms with Crippen molar-refractivity contribution in [2.45, 2.75) is 51.6 Å². The topological polar surface area (TPSA) is 66.4 Å². The summed E-state index contributed by atoms with van der Waals surface area (Å²) in [6, 6.07) is 17.5. The molecule has 1 saturated carbocycles. The number of aliphatic carboxylic acids is 1. The second kappa shape index (κ2) is 10.2. The minimum atomic E-state index is -4.66. The number of aryl methyl sites for hydroxylation is 4. The van der Waals surface area contributed by atoms with Crippen molar-refractivity contribution in [1.29, 1.82) is 0 Å². The summed E-state index contributed by atoms with van der Waals surface area (Å²) in [7, 11) is 0. The Labute approximate surface area is 208 Å². The van der Waals surface area contributed by atoms with Gasteiger partial charge in [0.25, 0.3) is 5.91 Å². The number of carbonyl (C=O) groups is 2. The van der Waals surface area contributed by atoms with Crippen LogP contribution in [0.3, 0.4) is 0 Å². The van der Waals surface area contributed by atoms with Gasteiger partial charge >= 0.3 is 12.1 Å². The van der Waals surface area contributed by atoms with Gasteiger partial charge in [0, 0.05) is 5.56 Å². The lowest BCUT2D eigenvalue weighted by molar-refractivity contribution is -0.139. The predicted molar refractivity (Wildman–Crippen MR) is 132 cm³/mol. The number of rotatable bonds is 8. The van der Waals surface area contributed by atoms with Crippen molar-refractivity contribution < 1.29 is 27.9 Å². The summed E-state index contributed by atoms with van der Waals surface area (Å²) in [5.41, 5.74) is 3.23. The second-order valence-corrected chi connectivity index (χ2v) is 9.49. The molecule has 4 rings (SSSR count). The first kappa shape index (κ1) is 25.5. The van der Waals surface area contributed by atoms with Crippen LogP contribution < -0.4 is 5.32 Å². The van der Waals surface area contributed by atoms with E-state index in [1.165, 1.54) is 17.7 Å². The second-order valence-electron chi connectivity index (χ2n) is 9.49. The maximum Gasteiger partial charge on any atom is 0.418 e. The predicted octanol–water partition coefficient (Wildman–Crippen LogP) is 6.94. The van der Waals surface area contributed by atoms with Crippen LogP contribution in [0.25, 0.3) is 0 Å². The van der Waals surface area contributed by atoms with Gasteiger partial charge in [-0.15, -0.1) is 0 Å². The summed E-state index contributed by atoms with van der Waals surface area (Å²) in [5.74, 6) is -2.54. The number of hydrogen-bond donors (Lipinski definition) is 2. The fourth-order valence-corrected chi connectivity index (χ4v) is 4.86. The Kier molecular flexibility index (Phi) is 7.20. The Morgan fingerprint density at radius 3 is 2.17 bits per heavy atom. The molecule has 3 aromatic carbocycles. The quantitative estimate of drug-likeness (QED) is 0.356. The van der Waals surface area contributed by atoms with Crippen LogP contribution in [0.1, 0.15) is 62.5 Å². The summed E-state index contributed by atoms with van der Waals surface area (Å²) < 4.78 is 41.0. The molecule has 3 aromatic rings. The van der Waals surface area contributed by atoms with Crippen molar-refractivity contribution in [3.8, 4) is 0 Å². The highest BCUT2D eigenvalue weighted by Gasteiger charge is 2.45. The first-order valence-corrected chi connectivity index (χ1v) is 11.9. The molecule has 0 radical (unpaired) electrons. The van der Waals surface area contributed by atoms with E-state index in [4.69, 9.17) is 0 Å². The molecule has 0 aromatic heterocycles. The molecular formula is C29H28F3NO3. The molecule has 0 spiro atoms. The molecule has 0 saturated heterocycles. The molecule has 2 atom stereocenters. The van der Waals surface area contributed by atoms with E-state index in [1.54, 1.807) is 13.8 Å². The summed E-state index contributed by atoms with van der Waals surface area (Å²) in [6.45, 7) is 3.57. The summed E-state index contributed by atoms with van der Waals surface area (Å²) >= 11 is 0. The van der Waals surface area contributed by atoms with Gasteiger partial charge in [0.1, 0.15) is 0 Å². The minimum Gasteiger partial charge on any atom is -0.481 e. The zero-order valence-corrected chi connectivity index (χ0v) is 20.2. The first-order valence-electron chi connectivity index (χ1n) is 11.9. The van der Waals surface area contributed by atoms with Crippen LogP contribution in [-0.2, 0) is 23.8 Å². The number of carboxylic acid groups (broad SMARTS) is 1. The average Bonchev–Trinajstić information content (AvgIpc) is 3.60. The Morgan fingerprint density at radius 1 is 0.944 bits per heavy atom. The number of amides is 1. The Balaban J connectivity index is 1.52. The van der Waals surface area contributed by atoms with Crippen LogP contribution in [0.5, 0.6) is 0 Å². The lowest BCUT2D eigenvalue weighted by Gasteiger charge is -2.17. The summed E-state index contributed by atoms with van der Waals surface area (Å²) in [5, 5.41) is 11.6. The maximum absolute atomic E-state index is 13.7. The number of halogens is 3. The molecule has 1 amide bonds. The first-order chi connectivity index (χ1) is 17.0. The standard InChI is InChI=1S/C29H28F3NO3/c1-17-13-20(10-6-9-19-7-4-3-5-8-19)14-18(2)26(17)27(34)33-25-15-21(22-16-23(22)28(35)36)11-12-24(25)29(30,31)32/h3-5,7-8,11-15,22-23H,6,9-10,16H2,1-2H3,(H,33,34)(H,35,36)/t22?,23-/m1/s1. The molecule has 4 nitrogen and oxygen atoms in total. The van der Waals surface area contributed by atoms with Crippen molar-refractivity contribution in [2.75, 3.05) is 5.32 Å². The largest absolute Gasteiger partial charge is 0.481 e. The number of nitrogens with one attached hydrogen (secondary N) is 1. The van der Waals surface area contributed by atoms with Crippen LogP contribution in [0.15, 0.2) is 60.7 Å². The van der Waals surface area contributed by atoms with E-state index < -0.39 is 29.5 Å². The molecule has 1 unspecified atom stereocenters. The van der Waals surface area contributed by atoms with Crippen LogP contribution in [-0.4, -0.2) is 17.0 Å². The highest BCUT2D eigenvalue weighted by Crippen LogP contribution is 2.49. The fourth-order valence-electron chi connectivity index (χ4n) is 4.86. The van der Waals surface area contributed by atoms with E-state index in [-0.39, 0.29) is 11.6 Å². The lowest BCUT2D eigenvalue weighted by Crippen LogP contribution is -2.19. The SMILES string of the molecule is Cc1cc(CCCc2ccccc2)cc(C)c1C(=O)Nc1cc(C2C[C@H]2C(=O)O)ccc1C(F)(F)F. The van der Waals surface area contributed by atoms with Gasteiger partial charge in [-0.05, 0) is 85.4 Å². The normalized spacial score (nSPS) is 17.0. The van der Waals surface area contributed by atoms with Gasteiger partial charge in [0.15, 0.2) is 0 Å². The third kappa shape index (κ3) is 5.78. The van der Waals surface area contributed by atoms with E-state index in [0.29, 0.717) is 28.7 Å². The molecule has 2 N–H and O–H groups in total. The molecular weight excluding hydrogens is 467 g/mol. The van der Waals surface area contributed by atoms with Gasteiger partial charge < -0.3 is 10.4 Å². The van der Waals surface area contributed by atoms with Gasteiger partial charge in [0.05, 0.1) is 17.2 Å². The van der Waals surface area contributed by atoms with Crippen molar-refractivity contribution in [2.24, 2.45) is 5.92 Å². The van der Waals surface area contributed by atoms with Crippen molar-refractivity contribution in [3.63, 3.8) is 0 Å². The van der Waals surface area contributed by atoms with Gasteiger partial charge in [-0.1, -0.05) is 48.5 Å². The van der Waals surface area contributed by atoms with Crippen LogP contribution in [0.2, 0.25) is 0 Å². The molecule has 0 heterocycles. The van der Waals surface area contributed by atoms with Crippen molar-refractivity contribution >= 4 is 17.6 Å².